The third-order valence-electron chi connectivity index (χ3n) is 3.39. The third kappa shape index (κ3) is 4.62. The van der Waals surface area contributed by atoms with Gasteiger partial charge in [0, 0.05) is 11.1 Å². The van der Waals surface area contributed by atoms with Crippen LogP contribution in [-0.4, -0.2) is 7.05 Å². The molecular formula is C16H26ClN. The van der Waals surface area contributed by atoms with E-state index in [1.54, 1.807) is 0 Å². The molecule has 0 saturated carbocycles. The summed E-state index contributed by atoms with van der Waals surface area (Å²) in [6, 6.07) is 6.69. The SMILES string of the molecule is CNC(CC(C)CC(C)C)c1ccc(C)cc1Cl. The van der Waals surface area contributed by atoms with Gasteiger partial charge in [0.05, 0.1) is 0 Å². The van der Waals surface area contributed by atoms with Gasteiger partial charge < -0.3 is 5.32 Å². The first-order valence-electron chi connectivity index (χ1n) is 6.87. The molecule has 1 nitrogen and oxygen atoms in total. The molecule has 0 saturated heterocycles. The van der Waals surface area contributed by atoms with Crippen LogP contribution in [0.15, 0.2) is 18.2 Å². The Bertz CT molecular complexity index is 373. The number of rotatable bonds is 6. The van der Waals surface area contributed by atoms with E-state index < -0.39 is 0 Å². The van der Waals surface area contributed by atoms with Crippen LogP contribution in [-0.2, 0) is 0 Å². The second-order valence-electron chi connectivity index (χ2n) is 5.84. The van der Waals surface area contributed by atoms with Gasteiger partial charge >= 0.3 is 0 Å². The number of aryl methyl sites for hydroxylation is 1. The predicted molar refractivity (Wildman–Crippen MR) is 81.2 cm³/mol. The van der Waals surface area contributed by atoms with Gasteiger partial charge in [0.2, 0.25) is 0 Å². The van der Waals surface area contributed by atoms with Crippen LogP contribution in [0.2, 0.25) is 5.02 Å². The highest BCUT2D eigenvalue weighted by molar-refractivity contribution is 6.31. The molecule has 0 amide bonds. The maximum atomic E-state index is 6.35. The van der Waals surface area contributed by atoms with E-state index in [1.165, 1.54) is 17.5 Å². The summed E-state index contributed by atoms with van der Waals surface area (Å²) in [6.45, 7) is 8.96. The first-order chi connectivity index (χ1) is 8.43. The van der Waals surface area contributed by atoms with Crippen molar-refractivity contribution in [2.45, 2.75) is 46.6 Å². The van der Waals surface area contributed by atoms with Gasteiger partial charge in [-0.05, 0) is 55.8 Å². The van der Waals surface area contributed by atoms with Crippen LogP contribution in [0.5, 0.6) is 0 Å². The van der Waals surface area contributed by atoms with Crippen molar-refractivity contribution >= 4 is 11.6 Å². The number of hydrogen-bond donors (Lipinski definition) is 1. The lowest BCUT2D eigenvalue weighted by Crippen LogP contribution is -2.20. The maximum absolute atomic E-state index is 6.35. The van der Waals surface area contributed by atoms with E-state index in [0.717, 1.165) is 17.4 Å². The molecule has 0 radical (unpaired) electrons. The number of halogens is 1. The monoisotopic (exact) mass is 267 g/mol. The van der Waals surface area contributed by atoms with E-state index in [4.69, 9.17) is 11.6 Å². The molecule has 102 valence electrons. The minimum Gasteiger partial charge on any atom is -0.313 e. The molecule has 2 atom stereocenters. The molecule has 1 rings (SSSR count). The van der Waals surface area contributed by atoms with Crippen LogP contribution in [0.25, 0.3) is 0 Å². The Kier molecular flexibility index (Phi) is 6.17. The Hall–Kier alpha value is -0.530. The van der Waals surface area contributed by atoms with Crippen LogP contribution in [0, 0.1) is 18.8 Å². The molecule has 0 aromatic heterocycles. The zero-order chi connectivity index (χ0) is 13.7. The van der Waals surface area contributed by atoms with E-state index in [9.17, 15) is 0 Å². The Morgan fingerprint density at radius 2 is 1.83 bits per heavy atom. The first-order valence-corrected chi connectivity index (χ1v) is 7.25. The Morgan fingerprint density at radius 1 is 1.17 bits per heavy atom. The van der Waals surface area contributed by atoms with Crippen LogP contribution in [0.4, 0.5) is 0 Å². The maximum Gasteiger partial charge on any atom is 0.0456 e. The lowest BCUT2D eigenvalue weighted by Gasteiger charge is -2.23. The van der Waals surface area contributed by atoms with E-state index in [2.05, 4.69) is 45.1 Å². The Morgan fingerprint density at radius 3 is 2.33 bits per heavy atom. The Labute approximate surface area is 117 Å². The lowest BCUT2D eigenvalue weighted by atomic mass is 9.90. The molecule has 2 unspecified atom stereocenters. The minimum absolute atomic E-state index is 0.354. The molecule has 2 heteroatoms. The molecule has 0 bridgehead atoms. The van der Waals surface area contributed by atoms with Gasteiger partial charge in [-0.1, -0.05) is 44.5 Å². The van der Waals surface area contributed by atoms with Gasteiger partial charge in [0.25, 0.3) is 0 Å². The fourth-order valence-corrected chi connectivity index (χ4v) is 2.99. The standard InChI is InChI=1S/C16H26ClN/c1-11(2)8-13(4)10-16(18-5)14-7-6-12(3)9-15(14)17/h6-7,9,11,13,16,18H,8,10H2,1-5H3. The molecule has 0 aliphatic carbocycles. The molecule has 18 heavy (non-hydrogen) atoms. The summed E-state index contributed by atoms with van der Waals surface area (Å²) in [6.07, 6.45) is 2.40. The van der Waals surface area contributed by atoms with Crippen molar-refractivity contribution in [3.8, 4) is 0 Å². The minimum atomic E-state index is 0.354. The quantitative estimate of drug-likeness (QED) is 0.766. The molecule has 1 N–H and O–H groups in total. The molecule has 0 heterocycles. The van der Waals surface area contributed by atoms with Crippen LogP contribution in [0.1, 0.15) is 50.8 Å². The van der Waals surface area contributed by atoms with Gasteiger partial charge in [0.1, 0.15) is 0 Å². The predicted octanol–water partition coefficient (Wildman–Crippen LogP) is 4.98. The van der Waals surface area contributed by atoms with Crippen molar-refractivity contribution in [3.05, 3.63) is 34.3 Å². The average molecular weight is 268 g/mol. The highest BCUT2D eigenvalue weighted by Crippen LogP contribution is 2.30. The van der Waals surface area contributed by atoms with Crippen molar-refractivity contribution in [1.82, 2.24) is 5.32 Å². The molecule has 0 aliphatic rings. The molecule has 0 fully saturated rings. The van der Waals surface area contributed by atoms with Crippen molar-refractivity contribution in [3.63, 3.8) is 0 Å². The first kappa shape index (κ1) is 15.5. The summed E-state index contributed by atoms with van der Waals surface area (Å²) in [4.78, 5) is 0. The van der Waals surface area contributed by atoms with Gasteiger partial charge in [-0.3, -0.25) is 0 Å². The van der Waals surface area contributed by atoms with Crippen molar-refractivity contribution in [2.75, 3.05) is 7.05 Å². The van der Waals surface area contributed by atoms with Crippen molar-refractivity contribution < 1.29 is 0 Å². The van der Waals surface area contributed by atoms with Gasteiger partial charge in [-0.2, -0.15) is 0 Å². The van der Waals surface area contributed by atoms with Crippen LogP contribution in [0.3, 0.4) is 0 Å². The number of benzene rings is 1. The van der Waals surface area contributed by atoms with E-state index in [1.807, 2.05) is 13.1 Å². The van der Waals surface area contributed by atoms with Gasteiger partial charge in [-0.25, -0.2) is 0 Å². The summed E-state index contributed by atoms with van der Waals surface area (Å²) in [5, 5.41) is 4.28. The highest BCUT2D eigenvalue weighted by Gasteiger charge is 2.16. The average Bonchev–Trinajstić information content (AvgIpc) is 2.25. The molecule has 1 aromatic carbocycles. The normalized spacial score (nSPS) is 14.8. The largest absolute Gasteiger partial charge is 0.313 e. The van der Waals surface area contributed by atoms with Gasteiger partial charge in [0.15, 0.2) is 0 Å². The fourth-order valence-electron chi connectivity index (χ4n) is 2.62. The zero-order valence-corrected chi connectivity index (χ0v) is 13.0. The smallest absolute Gasteiger partial charge is 0.0456 e. The zero-order valence-electron chi connectivity index (χ0n) is 12.3. The second kappa shape index (κ2) is 7.16. The van der Waals surface area contributed by atoms with Crippen LogP contribution < -0.4 is 5.32 Å². The van der Waals surface area contributed by atoms with Gasteiger partial charge in [-0.15, -0.1) is 0 Å². The lowest BCUT2D eigenvalue weighted by molar-refractivity contribution is 0.366. The fraction of sp³-hybridized carbons (Fsp3) is 0.625. The molecule has 0 aliphatic heterocycles. The Balaban J connectivity index is 2.76. The molecular weight excluding hydrogens is 242 g/mol. The third-order valence-corrected chi connectivity index (χ3v) is 3.72. The van der Waals surface area contributed by atoms with E-state index in [-0.39, 0.29) is 0 Å². The number of hydrogen-bond acceptors (Lipinski definition) is 1. The second-order valence-corrected chi connectivity index (χ2v) is 6.24. The van der Waals surface area contributed by atoms with E-state index >= 15 is 0 Å². The summed E-state index contributed by atoms with van der Waals surface area (Å²) in [7, 11) is 2.02. The summed E-state index contributed by atoms with van der Waals surface area (Å²) >= 11 is 6.35. The molecule has 0 spiro atoms. The van der Waals surface area contributed by atoms with Crippen molar-refractivity contribution in [1.29, 1.82) is 0 Å². The number of nitrogens with one attached hydrogen (secondary N) is 1. The summed E-state index contributed by atoms with van der Waals surface area (Å²) in [5.41, 5.74) is 2.44. The summed E-state index contributed by atoms with van der Waals surface area (Å²) in [5.74, 6) is 1.46. The molecule has 1 aromatic rings. The van der Waals surface area contributed by atoms with E-state index in [0.29, 0.717) is 12.0 Å². The van der Waals surface area contributed by atoms with Crippen molar-refractivity contribution in [2.24, 2.45) is 11.8 Å². The van der Waals surface area contributed by atoms with Crippen LogP contribution >= 0.6 is 11.6 Å². The summed E-state index contributed by atoms with van der Waals surface area (Å²) < 4.78 is 0. The topological polar surface area (TPSA) is 12.0 Å². The highest BCUT2D eigenvalue weighted by atomic mass is 35.5.